The van der Waals surface area contributed by atoms with E-state index in [4.69, 9.17) is 4.74 Å². The van der Waals surface area contributed by atoms with Crippen molar-refractivity contribution in [1.29, 1.82) is 0 Å². The highest BCUT2D eigenvalue weighted by molar-refractivity contribution is 5.50. The molecule has 0 aliphatic carbocycles. The largest absolute Gasteiger partial charge is 0.478 e. The van der Waals surface area contributed by atoms with E-state index >= 15 is 0 Å². The smallest absolute Gasteiger partial charge is 0.221 e. The first-order valence-corrected chi connectivity index (χ1v) is 6.15. The second kappa shape index (κ2) is 5.31. The number of hydrogen-bond acceptors (Lipinski definition) is 5. The first-order chi connectivity index (χ1) is 8.22. The van der Waals surface area contributed by atoms with Crippen molar-refractivity contribution in [2.24, 2.45) is 0 Å². The third-order valence-electron chi connectivity index (χ3n) is 2.96. The fraction of sp³-hybridized carbons (Fsp3) is 0.667. The summed E-state index contributed by atoms with van der Waals surface area (Å²) in [6.07, 6.45) is 1.58. The highest BCUT2D eigenvalue weighted by atomic mass is 16.5. The lowest BCUT2D eigenvalue weighted by Gasteiger charge is -2.33. The fourth-order valence-corrected chi connectivity index (χ4v) is 2.15. The summed E-state index contributed by atoms with van der Waals surface area (Å²) < 4.78 is 5.50. The van der Waals surface area contributed by atoms with Gasteiger partial charge in [-0.15, -0.1) is 0 Å². The molecule has 0 saturated carbocycles. The van der Waals surface area contributed by atoms with Gasteiger partial charge in [-0.1, -0.05) is 0 Å². The van der Waals surface area contributed by atoms with Gasteiger partial charge in [0.1, 0.15) is 12.1 Å². The summed E-state index contributed by atoms with van der Waals surface area (Å²) in [7, 11) is 0. The summed E-state index contributed by atoms with van der Waals surface area (Å²) in [5.41, 5.74) is 1.03. The van der Waals surface area contributed by atoms with E-state index in [9.17, 15) is 0 Å². The predicted octanol–water partition coefficient (Wildman–Crippen LogP) is 0.982. The Balaban J connectivity index is 2.22. The van der Waals surface area contributed by atoms with Gasteiger partial charge in [0.2, 0.25) is 5.88 Å². The van der Waals surface area contributed by atoms with Gasteiger partial charge < -0.3 is 15.0 Å². The first-order valence-electron chi connectivity index (χ1n) is 6.15. The van der Waals surface area contributed by atoms with Crippen LogP contribution in [0.3, 0.4) is 0 Å². The molecule has 5 nitrogen and oxygen atoms in total. The van der Waals surface area contributed by atoms with Gasteiger partial charge in [0.05, 0.1) is 12.2 Å². The number of anilines is 1. The monoisotopic (exact) mass is 236 g/mol. The van der Waals surface area contributed by atoms with Crippen LogP contribution in [0.15, 0.2) is 6.33 Å². The van der Waals surface area contributed by atoms with Crippen molar-refractivity contribution < 1.29 is 4.74 Å². The van der Waals surface area contributed by atoms with Crippen molar-refractivity contribution in [1.82, 2.24) is 15.3 Å². The topological polar surface area (TPSA) is 50.3 Å². The SMILES string of the molecule is CCOc1ncnc(N2CCN[C@H](C)C2)c1C. The zero-order valence-corrected chi connectivity index (χ0v) is 10.7. The molecule has 1 N–H and O–H groups in total. The molecular weight excluding hydrogens is 216 g/mol. The van der Waals surface area contributed by atoms with Gasteiger partial charge in [-0.05, 0) is 20.8 Å². The molecule has 17 heavy (non-hydrogen) atoms. The lowest BCUT2D eigenvalue weighted by atomic mass is 10.2. The van der Waals surface area contributed by atoms with Crippen LogP contribution in [0, 0.1) is 6.92 Å². The Hall–Kier alpha value is -1.36. The normalized spacial score (nSPS) is 20.4. The number of hydrogen-bond donors (Lipinski definition) is 1. The van der Waals surface area contributed by atoms with Crippen LogP contribution in [0.2, 0.25) is 0 Å². The molecule has 0 amide bonds. The van der Waals surface area contributed by atoms with Crippen molar-refractivity contribution in [3.05, 3.63) is 11.9 Å². The van der Waals surface area contributed by atoms with Crippen LogP contribution < -0.4 is 15.0 Å². The van der Waals surface area contributed by atoms with Crippen LogP contribution in [-0.2, 0) is 0 Å². The Morgan fingerprint density at radius 1 is 1.53 bits per heavy atom. The highest BCUT2D eigenvalue weighted by Crippen LogP contribution is 2.24. The van der Waals surface area contributed by atoms with E-state index in [1.807, 2.05) is 13.8 Å². The molecule has 0 aromatic carbocycles. The van der Waals surface area contributed by atoms with Crippen molar-refractivity contribution in [2.45, 2.75) is 26.8 Å². The molecule has 0 spiro atoms. The Morgan fingerprint density at radius 2 is 2.35 bits per heavy atom. The van der Waals surface area contributed by atoms with E-state index in [2.05, 4.69) is 27.1 Å². The molecule has 1 aliphatic heterocycles. The van der Waals surface area contributed by atoms with E-state index in [1.54, 1.807) is 6.33 Å². The minimum atomic E-state index is 0.494. The summed E-state index contributed by atoms with van der Waals surface area (Å²) in [5, 5.41) is 3.42. The number of ether oxygens (including phenoxy) is 1. The summed E-state index contributed by atoms with van der Waals surface area (Å²) in [5.74, 6) is 1.69. The zero-order chi connectivity index (χ0) is 12.3. The molecule has 0 bridgehead atoms. The van der Waals surface area contributed by atoms with Crippen LogP contribution in [0.4, 0.5) is 5.82 Å². The average Bonchev–Trinajstić information content (AvgIpc) is 2.32. The molecule has 94 valence electrons. The molecule has 1 aromatic heterocycles. The molecule has 5 heteroatoms. The van der Waals surface area contributed by atoms with E-state index in [-0.39, 0.29) is 0 Å². The van der Waals surface area contributed by atoms with Gasteiger partial charge >= 0.3 is 0 Å². The molecule has 1 saturated heterocycles. The quantitative estimate of drug-likeness (QED) is 0.848. The first kappa shape index (κ1) is 12.1. The molecule has 0 radical (unpaired) electrons. The number of nitrogens with zero attached hydrogens (tertiary/aromatic N) is 3. The maximum atomic E-state index is 5.50. The zero-order valence-electron chi connectivity index (χ0n) is 10.7. The Morgan fingerprint density at radius 3 is 3.06 bits per heavy atom. The minimum absolute atomic E-state index is 0.494. The lowest BCUT2D eigenvalue weighted by Crippen LogP contribution is -2.49. The molecule has 1 atom stereocenters. The Bertz CT molecular complexity index is 383. The van der Waals surface area contributed by atoms with Crippen molar-refractivity contribution >= 4 is 5.82 Å². The van der Waals surface area contributed by atoms with E-state index in [1.165, 1.54) is 0 Å². The van der Waals surface area contributed by atoms with Gasteiger partial charge in [-0.2, -0.15) is 0 Å². The third kappa shape index (κ3) is 2.66. The Kier molecular flexibility index (Phi) is 3.78. The molecule has 1 fully saturated rings. The maximum Gasteiger partial charge on any atom is 0.221 e. The van der Waals surface area contributed by atoms with E-state index in [0.29, 0.717) is 18.5 Å². The highest BCUT2D eigenvalue weighted by Gasteiger charge is 2.20. The van der Waals surface area contributed by atoms with Gasteiger partial charge in [-0.3, -0.25) is 0 Å². The maximum absolute atomic E-state index is 5.50. The van der Waals surface area contributed by atoms with Crippen LogP contribution in [0.5, 0.6) is 5.88 Å². The summed E-state index contributed by atoms with van der Waals surface area (Å²) in [6.45, 7) is 9.76. The van der Waals surface area contributed by atoms with Gasteiger partial charge in [0, 0.05) is 25.7 Å². The molecule has 2 heterocycles. The number of piperazine rings is 1. The standard InChI is InChI=1S/C12H20N4O/c1-4-17-12-10(3)11(14-8-15-12)16-6-5-13-9(2)7-16/h8-9,13H,4-7H2,1-3H3/t9-/m1/s1. The van der Waals surface area contributed by atoms with E-state index in [0.717, 1.165) is 31.0 Å². The molecule has 1 aliphatic rings. The average molecular weight is 236 g/mol. The summed E-state index contributed by atoms with van der Waals surface area (Å²) >= 11 is 0. The predicted molar refractivity (Wildman–Crippen MR) is 67.6 cm³/mol. The van der Waals surface area contributed by atoms with Crippen LogP contribution in [0.1, 0.15) is 19.4 Å². The van der Waals surface area contributed by atoms with Crippen LogP contribution in [-0.4, -0.2) is 42.3 Å². The number of rotatable bonds is 3. The number of nitrogens with one attached hydrogen (secondary N) is 1. The number of aromatic nitrogens is 2. The third-order valence-corrected chi connectivity index (χ3v) is 2.96. The summed E-state index contributed by atoms with van der Waals surface area (Å²) in [6, 6.07) is 0.494. The molecule has 1 aromatic rings. The summed E-state index contributed by atoms with van der Waals surface area (Å²) in [4.78, 5) is 10.8. The molecular formula is C12H20N4O. The van der Waals surface area contributed by atoms with Gasteiger partial charge in [0.25, 0.3) is 0 Å². The second-order valence-corrected chi connectivity index (χ2v) is 4.36. The molecule has 2 rings (SSSR count). The Labute approximate surface area is 102 Å². The molecule has 0 unspecified atom stereocenters. The van der Waals surface area contributed by atoms with Gasteiger partial charge in [-0.25, -0.2) is 9.97 Å². The lowest BCUT2D eigenvalue weighted by molar-refractivity contribution is 0.323. The van der Waals surface area contributed by atoms with Crippen molar-refractivity contribution in [3.63, 3.8) is 0 Å². The minimum Gasteiger partial charge on any atom is -0.478 e. The van der Waals surface area contributed by atoms with Gasteiger partial charge in [0.15, 0.2) is 0 Å². The van der Waals surface area contributed by atoms with E-state index < -0.39 is 0 Å². The van der Waals surface area contributed by atoms with Crippen LogP contribution >= 0.6 is 0 Å². The fourth-order valence-electron chi connectivity index (χ4n) is 2.15. The second-order valence-electron chi connectivity index (χ2n) is 4.36. The van der Waals surface area contributed by atoms with Crippen molar-refractivity contribution in [3.8, 4) is 5.88 Å². The van der Waals surface area contributed by atoms with Crippen molar-refractivity contribution in [2.75, 3.05) is 31.1 Å². The van der Waals surface area contributed by atoms with Crippen LogP contribution in [0.25, 0.3) is 0 Å².